The van der Waals surface area contributed by atoms with Crippen LogP contribution in [0.2, 0.25) is 0 Å². The molecule has 4 nitrogen and oxygen atoms in total. The molecule has 0 aliphatic rings. The third-order valence-electron chi connectivity index (χ3n) is 4.60. The van der Waals surface area contributed by atoms with E-state index in [2.05, 4.69) is 33.0 Å². The number of carbonyl (C=O) groups is 2. The number of benzene rings is 2. The van der Waals surface area contributed by atoms with Crippen LogP contribution in [0.5, 0.6) is 0 Å². The second kappa shape index (κ2) is 8.57. The van der Waals surface area contributed by atoms with Crippen LogP contribution in [0, 0.1) is 0 Å². The molecule has 28 heavy (non-hydrogen) atoms. The Labute approximate surface area is 169 Å². The van der Waals surface area contributed by atoms with Crippen molar-refractivity contribution in [1.29, 1.82) is 0 Å². The molecule has 0 aliphatic heterocycles. The summed E-state index contributed by atoms with van der Waals surface area (Å²) in [6, 6.07) is 15.6. The minimum atomic E-state index is -0.474. The molecule has 0 fully saturated rings. The lowest BCUT2D eigenvalue weighted by molar-refractivity contribution is -0.119. The molecule has 0 bridgehead atoms. The van der Waals surface area contributed by atoms with E-state index in [1.165, 1.54) is 11.3 Å². The van der Waals surface area contributed by atoms with E-state index < -0.39 is 5.97 Å². The normalized spacial score (nSPS) is 11.2. The van der Waals surface area contributed by atoms with Gasteiger partial charge in [0.25, 0.3) is 5.91 Å². The van der Waals surface area contributed by atoms with Crippen LogP contribution in [-0.2, 0) is 9.53 Å². The third kappa shape index (κ3) is 4.42. The number of hydrogen-bond acceptors (Lipinski definition) is 4. The summed E-state index contributed by atoms with van der Waals surface area (Å²) < 4.78 is 6.27. The van der Waals surface area contributed by atoms with Gasteiger partial charge in [-0.15, -0.1) is 11.3 Å². The van der Waals surface area contributed by atoms with Crippen LogP contribution >= 0.6 is 11.3 Å². The van der Waals surface area contributed by atoms with Crippen molar-refractivity contribution in [3.63, 3.8) is 0 Å². The van der Waals surface area contributed by atoms with Crippen LogP contribution in [0.4, 0.5) is 5.69 Å². The maximum Gasteiger partial charge on any atom is 0.348 e. The Morgan fingerprint density at radius 2 is 1.61 bits per heavy atom. The van der Waals surface area contributed by atoms with Crippen LogP contribution in [0.1, 0.15) is 60.3 Å². The molecule has 0 unspecified atom stereocenters. The molecule has 1 aromatic heterocycles. The van der Waals surface area contributed by atoms with Gasteiger partial charge in [0.1, 0.15) is 4.88 Å². The maximum absolute atomic E-state index is 12.5. The van der Waals surface area contributed by atoms with Gasteiger partial charge in [0.2, 0.25) is 0 Å². The summed E-state index contributed by atoms with van der Waals surface area (Å²) in [6.45, 7) is 8.07. The molecule has 0 spiro atoms. The van der Waals surface area contributed by atoms with Crippen molar-refractivity contribution < 1.29 is 14.3 Å². The van der Waals surface area contributed by atoms with Crippen molar-refractivity contribution in [3.8, 4) is 0 Å². The predicted octanol–water partition coefficient (Wildman–Crippen LogP) is 5.94. The van der Waals surface area contributed by atoms with Gasteiger partial charge in [0.05, 0.1) is 0 Å². The van der Waals surface area contributed by atoms with E-state index >= 15 is 0 Å². The highest BCUT2D eigenvalue weighted by molar-refractivity contribution is 7.20. The number of anilines is 1. The largest absolute Gasteiger partial charge is 0.451 e. The summed E-state index contributed by atoms with van der Waals surface area (Å²) in [5.74, 6) is -0.257. The van der Waals surface area contributed by atoms with E-state index in [1.54, 1.807) is 6.07 Å². The van der Waals surface area contributed by atoms with Gasteiger partial charge in [0, 0.05) is 10.4 Å². The summed E-state index contributed by atoms with van der Waals surface area (Å²) in [7, 11) is 0. The summed E-state index contributed by atoms with van der Waals surface area (Å²) >= 11 is 1.37. The first-order valence-electron chi connectivity index (χ1n) is 9.45. The first-order valence-corrected chi connectivity index (χ1v) is 10.3. The number of rotatable bonds is 6. The third-order valence-corrected chi connectivity index (χ3v) is 5.69. The summed E-state index contributed by atoms with van der Waals surface area (Å²) in [5, 5.41) is 3.96. The number of nitrogens with one attached hydrogen (secondary N) is 1. The zero-order valence-corrected chi connectivity index (χ0v) is 17.4. The smallest absolute Gasteiger partial charge is 0.348 e. The lowest BCUT2D eigenvalue weighted by Crippen LogP contribution is -2.22. The topological polar surface area (TPSA) is 55.4 Å². The molecule has 5 heteroatoms. The maximum atomic E-state index is 12.5. The van der Waals surface area contributed by atoms with Gasteiger partial charge in [-0.05, 0) is 40.5 Å². The Hall–Kier alpha value is -2.66. The van der Waals surface area contributed by atoms with E-state index in [0.29, 0.717) is 4.88 Å². The monoisotopic (exact) mass is 395 g/mol. The molecule has 0 radical (unpaired) electrons. The molecule has 2 aromatic carbocycles. The van der Waals surface area contributed by atoms with Crippen LogP contribution in [0.3, 0.4) is 0 Å². The highest BCUT2D eigenvalue weighted by Crippen LogP contribution is 2.32. The van der Waals surface area contributed by atoms with E-state index in [0.717, 1.165) is 26.9 Å². The highest BCUT2D eigenvalue weighted by atomic mass is 32.1. The number of ether oxygens (including phenoxy) is 1. The van der Waals surface area contributed by atoms with Gasteiger partial charge in [-0.25, -0.2) is 4.79 Å². The average Bonchev–Trinajstić information content (AvgIpc) is 3.10. The predicted molar refractivity (Wildman–Crippen MR) is 115 cm³/mol. The lowest BCUT2D eigenvalue weighted by Gasteiger charge is -2.20. The molecule has 0 saturated carbocycles. The van der Waals surface area contributed by atoms with Gasteiger partial charge >= 0.3 is 5.97 Å². The van der Waals surface area contributed by atoms with E-state index in [9.17, 15) is 9.59 Å². The van der Waals surface area contributed by atoms with E-state index in [1.807, 2.05) is 42.5 Å². The Morgan fingerprint density at radius 3 is 2.21 bits per heavy atom. The molecule has 146 valence electrons. The molecule has 1 amide bonds. The molecule has 3 rings (SSSR count). The van der Waals surface area contributed by atoms with Crippen molar-refractivity contribution in [2.24, 2.45) is 0 Å². The number of esters is 1. The molecular formula is C23H25NO3S. The number of thiophene rings is 1. The second-order valence-electron chi connectivity index (χ2n) is 7.39. The Bertz CT molecular complexity index is 945. The molecule has 1 N–H and O–H groups in total. The van der Waals surface area contributed by atoms with E-state index in [4.69, 9.17) is 4.74 Å². The van der Waals surface area contributed by atoms with Crippen molar-refractivity contribution in [2.45, 2.75) is 39.5 Å². The fraction of sp³-hybridized carbons (Fsp3) is 0.304. The number of fused-ring (bicyclic) bond motifs is 1. The standard InChI is InChI=1S/C23H25NO3S/c1-14(2)17-9-7-10-18(15(3)4)22(17)24-21(25)13-27-23(26)20-12-16-8-5-6-11-19(16)28-20/h5-12,14-15H,13H2,1-4H3,(H,24,25). The SMILES string of the molecule is CC(C)c1cccc(C(C)C)c1NC(=O)COC(=O)c1cc2ccccc2s1. The Kier molecular flexibility index (Phi) is 6.15. The highest BCUT2D eigenvalue weighted by Gasteiger charge is 2.18. The van der Waals surface area contributed by atoms with Crippen molar-refractivity contribution in [3.05, 3.63) is 64.5 Å². The van der Waals surface area contributed by atoms with Crippen LogP contribution < -0.4 is 5.32 Å². The molecule has 1 heterocycles. The number of hydrogen-bond donors (Lipinski definition) is 1. The zero-order chi connectivity index (χ0) is 20.3. The first-order chi connectivity index (χ1) is 13.4. The van der Waals surface area contributed by atoms with Crippen molar-refractivity contribution >= 4 is 39.0 Å². The molecule has 0 aliphatic carbocycles. The molecular weight excluding hydrogens is 370 g/mol. The summed E-state index contributed by atoms with van der Waals surface area (Å²) in [4.78, 5) is 25.3. The Balaban J connectivity index is 1.70. The van der Waals surface area contributed by atoms with Gasteiger partial charge < -0.3 is 10.1 Å². The number of carbonyl (C=O) groups excluding carboxylic acids is 2. The van der Waals surface area contributed by atoms with Gasteiger partial charge in [-0.2, -0.15) is 0 Å². The second-order valence-corrected chi connectivity index (χ2v) is 8.48. The average molecular weight is 396 g/mol. The molecule has 0 saturated heterocycles. The summed E-state index contributed by atoms with van der Waals surface area (Å²) in [6.07, 6.45) is 0. The minimum Gasteiger partial charge on any atom is -0.451 e. The van der Waals surface area contributed by atoms with Crippen LogP contribution in [0.25, 0.3) is 10.1 Å². The Morgan fingerprint density at radius 1 is 0.964 bits per heavy atom. The van der Waals surface area contributed by atoms with Crippen molar-refractivity contribution in [2.75, 3.05) is 11.9 Å². The lowest BCUT2D eigenvalue weighted by atomic mass is 9.92. The van der Waals surface area contributed by atoms with Gasteiger partial charge in [0.15, 0.2) is 6.61 Å². The van der Waals surface area contributed by atoms with Gasteiger partial charge in [-0.3, -0.25) is 4.79 Å². The molecule has 3 aromatic rings. The van der Waals surface area contributed by atoms with Crippen LogP contribution in [0.15, 0.2) is 48.5 Å². The quantitative estimate of drug-likeness (QED) is 0.525. The van der Waals surface area contributed by atoms with Gasteiger partial charge in [-0.1, -0.05) is 64.1 Å². The van der Waals surface area contributed by atoms with E-state index in [-0.39, 0.29) is 24.3 Å². The molecule has 0 atom stereocenters. The summed E-state index contributed by atoms with van der Waals surface area (Å²) in [5.41, 5.74) is 2.99. The first kappa shape index (κ1) is 20.1. The number of para-hydroxylation sites is 1. The number of amides is 1. The fourth-order valence-electron chi connectivity index (χ4n) is 3.16. The van der Waals surface area contributed by atoms with Crippen LogP contribution in [-0.4, -0.2) is 18.5 Å². The minimum absolute atomic E-state index is 0.273. The van der Waals surface area contributed by atoms with Crippen molar-refractivity contribution in [1.82, 2.24) is 0 Å². The fourth-order valence-corrected chi connectivity index (χ4v) is 4.11. The zero-order valence-electron chi connectivity index (χ0n) is 16.6.